The Morgan fingerprint density at radius 3 is 1.56 bits per heavy atom. The Bertz CT molecular complexity index is 2860. The molecule has 0 unspecified atom stereocenters. The summed E-state index contributed by atoms with van der Waals surface area (Å²) < 4.78 is 73.6. The summed E-state index contributed by atoms with van der Waals surface area (Å²) in [6.45, 7) is 2.02. The zero-order valence-corrected chi connectivity index (χ0v) is 33.0. The van der Waals surface area contributed by atoms with Crippen molar-refractivity contribution in [3.05, 3.63) is 155 Å². The van der Waals surface area contributed by atoms with Gasteiger partial charge in [-0.05, 0) is 54.4 Å². The average Bonchev–Trinajstić information content (AvgIpc) is 3.23. The van der Waals surface area contributed by atoms with E-state index < -0.39 is 70.0 Å². The van der Waals surface area contributed by atoms with E-state index in [9.17, 15) is 46.3 Å². The van der Waals surface area contributed by atoms with Gasteiger partial charge in [0.2, 0.25) is 11.8 Å². The number of ether oxygens (including phenoxy) is 3. The number of hydrogen-bond donors (Lipinski definition) is 2. The fourth-order valence-electron chi connectivity index (χ4n) is 5.72. The van der Waals surface area contributed by atoms with Crippen LogP contribution in [0.4, 0.5) is 28.9 Å². The van der Waals surface area contributed by atoms with Crippen LogP contribution in [-0.2, 0) is 29.1 Å². The molecule has 21 heteroatoms. The fourth-order valence-corrected chi connectivity index (χ4v) is 5.72. The Kier molecular flexibility index (Phi) is 14.0. The third kappa shape index (κ3) is 10.2. The van der Waals surface area contributed by atoms with E-state index in [-0.39, 0.29) is 46.5 Å². The summed E-state index contributed by atoms with van der Waals surface area (Å²) in [4.78, 5) is 73.7. The van der Waals surface area contributed by atoms with Crippen LogP contribution in [0.15, 0.2) is 98.0 Å². The van der Waals surface area contributed by atoms with Gasteiger partial charge in [0.15, 0.2) is 11.6 Å². The molecule has 17 nitrogen and oxygen atoms in total. The van der Waals surface area contributed by atoms with Crippen LogP contribution in [-0.4, -0.2) is 61.8 Å². The maximum absolute atomic E-state index is 14.0. The number of benzene rings is 4. The summed E-state index contributed by atoms with van der Waals surface area (Å²) in [7, 11) is 3.63. The molecule has 2 aromatic heterocycles. The molecule has 6 rings (SSSR count). The molecule has 6 aromatic rings. The minimum atomic E-state index is -1.20. The van der Waals surface area contributed by atoms with Gasteiger partial charge in [-0.1, -0.05) is 30.3 Å². The lowest BCUT2D eigenvalue weighted by Crippen LogP contribution is -2.41. The SMILES string of the molecule is COc1cc(F)c(F)cc1Cn1c(=O)c(OC)nn(-c2ccc(F)c(NC(C)=O)c2)c1=O.COc1nn(-c2ccc(F)c(NC(C)=O)c2)c(=O)n(CCc2ccccc2)c1=O. The molecular formula is C40H36F4N8O9. The first-order valence-corrected chi connectivity index (χ1v) is 17.8. The maximum Gasteiger partial charge on any atom is 0.352 e. The lowest BCUT2D eigenvalue weighted by atomic mass is 10.1. The number of aromatic nitrogens is 6. The molecule has 0 aliphatic carbocycles. The molecule has 2 heterocycles. The van der Waals surface area contributed by atoms with Gasteiger partial charge in [0.05, 0.1) is 50.6 Å². The maximum atomic E-state index is 14.0. The standard InChI is InChI=1S/C20H17F3N4O5.C20H19FN4O4/c1-10(28)24-16-7-12(4-5-13(16)21)27-20(30)26(19(29)18(25-27)32-3)9-11-6-14(22)15(23)8-17(11)31-2;1-13(26)22-17-12-15(8-9-16(17)21)25-20(28)24(19(27)18(23-25)29-2)11-10-14-6-4-3-5-7-14/h4-8H,9H2,1-3H3,(H,24,28);3-9,12H,10-11H2,1-2H3,(H,22,26). The highest BCUT2D eigenvalue weighted by Gasteiger charge is 2.20. The second kappa shape index (κ2) is 19.3. The van der Waals surface area contributed by atoms with E-state index in [0.29, 0.717) is 11.0 Å². The van der Waals surface area contributed by atoms with Gasteiger partial charge >= 0.3 is 22.5 Å². The zero-order chi connectivity index (χ0) is 44.5. The molecule has 318 valence electrons. The third-order valence-corrected chi connectivity index (χ3v) is 8.58. The molecule has 0 radical (unpaired) electrons. The molecule has 4 aromatic carbocycles. The van der Waals surface area contributed by atoms with E-state index in [4.69, 9.17) is 14.2 Å². The summed E-state index contributed by atoms with van der Waals surface area (Å²) in [6.07, 6.45) is 0.448. The Morgan fingerprint density at radius 1 is 0.607 bits per heavy atom. The lowest BCUT2D eigenvalue weighted by molar-refractivity contribution is -0.115. The third-order valence-electron chi connectivity index (χ3n) is 8.58. The van der Waals surface area contributed by atoms with Gasteiger partial charge in [0.25, 0.3) is 11.8 Å². The minimum Gasteiger partial charge on any atom is -0.496 e. The minimum absolute atomic E-state index is 0.00319. The number of methoxy groups -OCH3 is 3. The number of nitrogens with one attached hydrogen (secondary N) is 2. The normalized spacial score (nSPS) is 10.6. The smallest absolute Gasteiger partial charge is 0.352 e. The Labute approximate surface area is 342 Å². The molecule has 2 N–H and O–H groups in total. The van der Waals surface area contributed by atoms with Crippen LogP contribution in [0.25, 0.3) is 11.4 Å². The van der Waals surface area contributed by atoms with E-state index in [1.54, 1.807) is 0 Å². The van der Waals surface area contributed by atoms with Crippen LogP contribution in [0.2, 0.25) is 0 Å². The molecule has 0 aliphatic heterocycles. The van der Waals surface area contributed by atoms with Crippen LogP contribution < -0.4 is 47.3 Å². The quantitative estimate of drug-likeness (QED) is 0.171. The first-order chi connectivity index (χ1) is 29.1. The monoisotopic (exact) mass is 848 g/mol. The summed E-state index contributed by atoms with van der Waals surface area (Å²) in [5.41, 5.74) is -2.48. The highest BCUT2D eigenvalue weighted by Crippen LogP contribution is 2.23. The highest BCUT2D eigenvalue weighted by atomic mass is 19.2. The van der Waals surface area contributed by atoms with Crippen LogP contribution in [0.3, 0.4) is 0 Å². The average molecular weight is 849 g/mol. The molecule has 0 aliphatic rings. The zero-order valence-electron chi connectivity index (χ0n) is 33.0. The number of carbonyl (C=O) groups excluding carboxylic acids is 2. The number of rotatable bonds is 12. The van der Waals surface area contributed by atoms with Crippen LogP contribution in [0.5, 0.6) is 17.5 Å². The fraction of sp³-hybridized carbons (Fsp3) is 0.200. The van der Waals surface area contributed by atoms with E-state index >= 15 is 0 Å². The van der Waals surface area contributed by atoms with E-state index in [0.717, 1.165) is 56.9 Å². The summed E-state index contributed by atoms with van der Waals surface area (Å²) >= 11 is 0. The summed E-state index contributed by atoms with van der Waals surface area (Å²) in [6, 6.07) is 18.0. The van der Waals surface area contributed by atoms with Crippen molar-refractivity contribution in [3.63, 3.8) is 0 Å². The van der Waals surface area contributed by atoms with Crippen molar-refractivity contribution >= 4 is 23.2 Å². The largest absolute Gasteiger partial charge is 0.496 e. The van der Waals surface area contributed by atoms with E-state index in [2.05, 4.69) is 20.8 Å². The van der Waals surface area contributed by atoms with Crippen molar-refractivity contribution < 1.29 is 41.4 Å². The molecule has 0 spiro atoms. The van der Waals surface area contributed by atoms with Gasteiger partial charge in [0.1, 0.15) is 17.4 Å². The van der Waals surface area contributed by atoms with Crippen molar-refractivity contribution in [2.75, 3.05) is 32.0 Å². The van der Waals surface area contributed by atoms with Gasteiger partial charge in [0, 0.05) is 32.0 Å². The molecule has 0 atom stereocenters. The number of nitrogens with zero attached hydrogens (tertiary/aromatic N) is 6. The van der Waals surface area contributed by atoms with Crippen molar-refractivity contribution in [1.82, 2.24) is 28.7 Å². The molecule has 2 amide bonds. The molecular weight excluding hydrogens is 812 g/mol. The summed E-state index contributed by atoms with van der Waals surface area (Å²) in [5, 5.41) is 12.4. The number of halogens is 4. The van der Waals surface area contributed by atoms with Gasteiger partial charge in [-0.15, -0.1) is 10.2 Å². The van der Waals surface area contributed by atoms with Crippen LogP contribution >= 0.6 is 0 Å². The van der Waals surface area contributed by atoms with Gasteiger partial charge in [-0.25, -0.2) is 31.7 Å². The molecule has 61 heavy (non-hydrogen) atoms. The number of carbonyl (C=O) groups is 2. The van der Waals surface area contributed by atoms with Crippen LogP contribution in [0, 0.1) is 23.3 Å². The number of amides is 2. The topological polar surface area (TPSA) is 200 Å². The van der Waals surface area contributed by atoms with E-state index in [1.165, 1.54) is 46.3 Å². The first-order valence-electron chi connectivity index (χ1n) is 17.8. The predicted octanol–water partition coefficient (Wildman–Crippen LogP) is 3.58. The van der Waals surface area contributed by atoms with Crippen molar-refractivity contribution in [1.29, 1.82) is 0 Å². The molecule has 0 saturated heterocycles. The van der Waals surface area contributed by atoms with Gasteiger partial charge < -0.3 is 24.8 Å². The molecule has 0 bridgehead atoms. The predicted molar refractivity (Wildman–Crippen MR) is 212 cm³/mol. The van der Waals surface area contributed by atoms with Crippen molar-refractivity contribution in [3.8, 4) is 28.9 Å². The first kappa shape index (κ1) is 44.3. The summed E-state index contributed by atoms with van der Waals surface area (Å²) in [5.74, 6) is -5.66. The Hall–Kier alpha value is -7.84. The van der Waals surface area contributed by atoms with Gasteiger partial charge in [-0.3, -0.25) is 23.7 Å². The van der Waals surface area contributed by atoms with Crippen molar-refractivity contribution in [2.45, 2.75) is 33.4 Å². The second-order valence-electron chi connectivity index (χ2n) is 12.8. The van der Waals surface area contributed by atoms with Gasteiger partial charge in [-0.2, -0.15) is 9.36 Å². The number of aryl methyl sites for hydroxylation is 1. The Morgan fingerprint density at radius 2 is 1.08 bits per heavy atom. The molecule has 0 fully saturated rings. The molecule has 0 saturated carbocycles. The van der Waals surface area contributed by atoms with Crippen LogP contribution in [0.1, 0.15) is 25.0 Å². The lowest BCUT2D eigenvalue weighted by Gasteiger charge is -2.14. The highest BCUT2D eigenvalue weighted by molar-refractivity contribution is 5.89. The number of anilines is 2. The Balaban J connectivity index is 0.000000232. The van der Waals surface area contributed by atoms with E-state index in [1.807, 2.05) is 30.3 Å². The van der Waals surface area contributed by atoms with Crippen molar-refractivity contribution in [2.24, 2.45) is 0 Å². The second-order valence-corrected chi connectivity index (χ2v) is 12.8. The number of hydrogen-bond acceptors (Lipinski definition) is 11.